The predicted octanol–water partition coefficient (Wildman–Crippen LogP) is 3.90. The van der Waals surface area contributed by atoms with Crippen molar-refractivity contribution in [1.29, 1.82) is 0 Å². The molecule has 1 heterocycles. The minimum absolute atomic E-state index is 0.0240. The lowest BCUT2D eigenvalue weighted by Gasteiger charge is -2.29. The van der Waals surface area contributed by atoms with E-state index >= 15 is 0 Å². The van der Waals surface area contributed by atoms with Crippen LogP contribution >= 0.6 is 0 Å². The number of piperidine rings is 1. The zero-order chi connectivity index (χ0) is 20.1. The number of hydrogen-bond donors (Lipinski definition) is 0. The van der Waals surface area contributed by atoms with E-state index in [1.807, 2.05) is 30.9 Å². The van der Waals surface area contributed by atoms with E-state index in [4.69, 9.17) is 0 Å². The number of benzene rings is 2. The Morgan fingerprint density at radius 1 is 0.893 bits per heavy atom. The van der Waals surface area contributed by atoms with Gasteiger partial charge in [-0.3, -0.25) is 9.10 Å². The first-order valence-electron chi connectivity index (χ1n) is 9.82. The highest BCUT2D eigenvalue weighted by atomic mass is 32.2. The maximum Gasteiger partial charge on any atom is 0.264 e. The van der Waals surface area contributed by atoms with Gasteiger partial charge in [-0.15, -0.1) is 0 Å². The first-order chi connectivity index (χ1) is 13.4. The first-order valence-corrected chi connectivity index (χ1v) is 11.3. The fourth-order valence-electron chi connectivity index (χ4n) is 3.44. The van der Waals surface area contributed by atoms with E-state index in [2.05, 4.69) is 0 Å². The number of sulfonamides is 1. The second kappa shape index (κ2) is 8.78. The van der Waals surface area contributed by atoms with Crippen LogP contribution in [0.4, 0.5) is 5.69 Å². The Kier molecular flexibility index (Phi) is 6.39. The zero-order valence-electron chi connectivity index (χ0n) is 16.6. The summed E-state index contributed by atoms with van der Waals surface area (Å²) in [7, 11) is -3.75. The van der Waals surface area contributed by atoms with Crippen molar-refractivity contribution in [3.63, 3.8) is 0 Å². The third kappa shape index (κ3) is 4.73. The van der Waals surface area contributed by atoms with Crippen LogP contribution in [0, 0.1) is 13.8 Å². The molecule has 0 N–H and O–H groups in total. The van der Waals surface area contributed by atoms with E-state index in [1.54, 1.807) is 36.4 Å². The van der Waals surface area contributed by atoms with Crippen LogP contribution in [0.1, 0.15) is 36.8 Å². The van der Waals surface area contributed by atoms with Crippen LogP contribution in [-0.4, -0.2) is 38.9 Å². The van der Waals surface area contributed by atoms with Crippen LogP contribution < -0.4 is 4.31 Å². The number of aryl methyl sites for hydroxylation is 2. The van der Waals surface area contributed by atoms with Gasteiger partial charge in [0, 0.05) is 26.1 Å². The molecule has 0 spiro atoms. The topological polar surface area (TPSA) is 57.7 Å². The number of carbonyl (C=O) groups excluding carboxylic acids is 1. The van der Waals surface area contributed by atoms with E-state index in [0.29, 0.717) is 5.69 Å². The molecule has 1 saturated heterocycles. The number of rotatable bonds is 6. The molecule has 0 aliphatic carbocycles. The predicted molar refractivity (Wildman–Crippen MR) is 112 cm³/mol. The third-order valence-corrected chi connectivity index (χ3v) is 7.01. The van der Waals surface area contributed by atoms with Crippen molar-refractivity contribution < 1.29 is 13.2 Å². The van der Waals surface area contributed by atoms with Crippen LogP contribution in [0.5, 0.6) is 0 Å². The number of anilines is 1. The summed E-state index contributed by atoms with van der Waals surface area (Å²) < 4.78 is 28.0. The van der Waals surface area contributed by atoms with Gasteiger partial charge in [0.2, 0.25) is 5.91 Å². The molecule has 2 aromatic carbocycles. The van der Waals surface area contributed by atoms with Gasteiger partial charge >= 0.3 is 0 Å². The van der Waals surface area contributed by atoms with Crippen LogP contribution in [0.2, 0.25) is 0 Å². The molecule has 28 heavy (non-hydrogen) atoms. The highest BCUT2D eigenvalue weighted by Gasteiger charge is 2.26. The Morgan fingerprint density at radius 3 is 2.00 bits per heavy atom. The van der Waals surface area contributed by atoms with Crippen LogP contribution in [-0.2, 0) is 14.8 Å². The molecule has 1 aliphatic heterocycles. The Balaban J connectivity index is 1.85. The third-order valence-electron chi connectivity index (χ3n) is 5.17. The van der Waals surface area contributed by atoms with Crippen molar-refractivity contribution in [2.75, 3.05) is 23.9 Å². The normalized spacial score (nSPS) is 14.7. The standard InChI is InChI=1S/C22H28N2O3S/c1-18-6-10-20(11-7-18)24(17-14-22(25)23-15-4-3-5-16-23)28(26,27)21-12-8-19(2)9-13-21/h6-13H,3-5,14-17H2,1-2H3. The van der Waals surface area contributed by atoms with Crippen molar-refractivity contribution in [2.24, 2.45) is 0 Å². The molecular formula is C22H28N2O3S. The number of carbonyl (C=O) groups is 1. The van der Waals surface area contributed by atoms with Gasteiger partial charge in [0.15, 0.2) is 0 Å². The average molecular weight is 401 g/mol. The summed E-state index contributed by atoms with van der Waals surface area (Å²) in [5.41, 5.74) is 2.64. The highest BCUT2D eigenvalue weighted by molar-refractivity contribution is 7.92. The largest absolute Gasteiger partial charge is 0.343 e. The smallest absolute Gasteiger partial charge is 0.264 e. The molecule has 0 bridgehead atoms. The molecule has 0 radical (unpaired) electrons. The van der Waals surface area contributed by atoms with Crippen molar-refractivity contribution in [1.82, 2.24) is 4.90 Å². The lowest BCUT2D eigenvalue weighted by Crippen LogP contribution is -2.39. The molecule has 1 fully saturated rings. The number of hydrogen-bond acceptors (Lipinski definition) is 3. The van der Waals surface area contributed by atoms with Gasteiger partial charge in [-0.25, -0.2) is 8.42 Å². The quantitative estimate of drug-likeness (QED) is 0.739. The molecule has 0 atom stereocenters. The second-order valence-corrected chi connectivity index (χ2v) is 9.28. The molecule has 0 saturated carbocycles. The zero-order valence-corrected chi connectivity index (χ0v) is 17.4. The van der Waals surface area contributed by atoms with E-state index in [0.717, 1.165) is 43.5 Å². The lowest BCUT2D eigenvalue weighted by molar-refractivity contribution is -0.131. The first kappa shape index (κ1) is 20.4. The van der Waals surface area contributed by atoms with E-state index in [-0.39, 0.29) is 23.8 Å². The molecule has 2 aromatic rings. The number of likely N-dealkylation sites (tertiary alicyclic amines) is 1. The summed E-state index contributed by atoms with van der Waals surface area (Å²) in [4.78, 5) is 14.7. The summed E-state index contributed by atoms with van der Waals surface area (Å²) in [6, 6.07) is 14.2. The van der Waals surface area contributed by atoms with Gasteiger partial charge in [-0.2, -0.15) is 0 Å². The minimum atomic E-state index is -3.75. The second-order valence-electron chi connectivity index (χ2n) is 7.42. The van der Waals surface area contributed by atoms with Crippen molar-refractivity contribution >= 4 is 21.6 Å². The highest BCUT2D eigenvalue weighted by Crippen LogP contribution is 2.25. The monoisotopic (exact) mass is 400 g/mol. The molecule has 0 aromatic heterocycles. The van der Waals surface area contributed by atoms with Crippen LogP contribution in [0.3, 0.4) is 0 Å². The van der Waals surface area contributed by atoms with E-state index < -0.39 is 10.0 Å². The summed E-state index contributed by atoms with van der Waals surface area (Å²) in [6.07, 6.45) is 3.38. The SMILES string of the molecule is Cc1ccc(N(CCC(=O)N2CCCCC2)S(=O)(=O)c2ccc(C)cc2)cc1. The molecule has 5 nitrogen and oxygen atoms in total. The maximum absolute atomic E-state index is 13.3. The van der Waals surface area contributed by atoms with Crippen molar-refractivity contribution in [3.05, 3.63) is 59.7 Å². The Labute approximate surface area is 168 Å². The summed E-state index contributed by atoms with van der Waals surface area (Å²) in [6.45, 7) is 5.56. The summed E-state index contributed by atoms with van der Waals surface area (Å²) >= 11 is 0. The average Bonchev–Trinajstić information content (AvgIpc) is 2.70. The fraction of sp³-hybridized carbons (Fsp3) is 0.409. The van der Waals surface area contributed by atoms with Gasteiger partial charge in [-0.1, -0.05) is 35.4 Å². The van der Waals surface area contributed by atoms with Crippen LogP contribution in [0.25, 0.3) is 0 Å². The molecule has 1 amide bonds. The fourth-order valence-corrected chi connectivity index (χ4v) is 4.90. The number of amides is 1. The molecule has 150 valence electrons. The number of nitrogens with zero attached hydrogens (tertiary/aromatic N) is 2. The molecule has 0 unspecified atom stereocenters. The van der Waals surface area contributed by atoms with Gasteiger partial charge in [-0.05, 0) is 57.4 Å². The van der Waals surface area contributed by atoms with Crippen molar-refractivity contribution in [2.45, 2.75) is 44.4 Å². The van der Waals surface area contributed by atoms with E-state index in [1.165, 1.54) is 4.31 Å². The maximum atomic E-state index is 13.3. The Bertz CT molecular complexity index is 900. The van der Waals surface area contributed by atoms with Gasteiger partial charge < -0.3 is 4.90 Å². The van der Waals surface area contributed by atoms with E-state index in [9.17, 15) is 13.2 Å². The van der Waals surface area contributed by atoms with Gasteiger partial charge in [0.05, 0.1) is 10.6 Å². The summed E-state index contributed by atoms with van der Waals surface area (Å²) in [5, 5.41) is 0. The molecule has 1 aliphatic rings. The Hall–Kier alpha value is -2.34. The summed E-state index contributed by atoms with van der Waals surface area (Å²) in [5.74, 6) is 0.0240. The Morgan fingerprint density at radius 2 is 1.43 bits per heavy atom. The minimum Gasteiger partial charge on any atom is -0.343 e. The molecular weight excluding hydrogens is 372 g/mol. The molecule has 3 rings (SSSR count). The van der Waals surface area contributed by atoms with Crippen LogP contribution in [0.15, 0.2) is 53.4 Å². The van der Waals surface area contributed by atoms with Gasteiger partial charge in [0.1, 0.15) is 0 Å². The lowest BCUT2D eigenvalue weighted by atomic mass is 10.1. The van der Waals surface area contributed by atoms with Gasteiger partial charge in [0.25, 0.3) is 10.0 Å². The van der Waals surface area contributed by atoms with Crippen molar-refractivity contribution in [3.8, 4) is 0 Å². The molecule has 6 heteroatoms.